The molecular formula is C14H18ClFIN3. The number of nitrogens with one attached hydrogen (secondary N) is 2. The highest BCUT2D eigenvalue weighted by Crippen LogP contribution is 2.50. The molecule has 1 saturated carbocycles. The van der Waals surface area contributed by atoms with Gasteiger partial charge in [0.25, 0.3) is 0 Å². The molecule has 2 aliphatic rings. The number of nitrogens with zero attached hydrogens (tertiary/aromatic N) is 1. The first-order chi connectivity index (χ1) is 9.20. The van der Waals surface area contributed by atoms with Crippen LogP contribution in [0.1, 0.15) is 24.8 Å². The Morgan fingerprint density at radius 2 is 2.20 bits per heavy atom. The van der Waals surface area contributed by atoms with Gasteiger partial charge in [0.1, 0.15) is 5.82 Å². The molecule has 0 radical (unpaired) electrons. The zero-order valence-corrected chi connectivity index (χ0v) is 14.2. The summed E-state index contributed by atoms with van der Waals surface area (Å²) in [5.41, 5.74) is 1.09. The summed E-state index contributed by atoms with van der Waals surface area (Å²) >= 11 is 6.16. The summed E-state index contributed by atoms with van der Waals surface area (Å²) < 4.78 is 13.1. The number of guanidine groups is 1. The molecule has 0 unspecified atom stereocenters. The average molecular weight is 410 g/mol. The molecule has 0 saturated heterocycles. The number of benzene rings is 1. The molecule has 0 aromatic heterocycles. The summed E-state index contributed by atoms with van der Waals surface area (Å²) in [5.74, 6) is 0.589. The highest BCUT2D eigenvalue weighted by atomic mass is 127. The SMILES string of the molecule is Fc1ccc(C2(CNC3=NCCCN3)CC2)c(Cl)c1.I. The molecule has 0 atom stereocenters. The van der Waals surface area contributed by atoms with Gasteiger partial charge in [-0.3, -0.25) is 4.99 Å². The van der Waals surface area contributed by atoms with Gasteiger partial charge in [0.15, 0.2) is 5.96 Å². The Hall–Kier alpha value is -0.560. The van der Waals surface area contributed by atoms with Crippen LogP contribution in [0.2, 0.25) is 5.02 Å². The monoisotopic (exact) mass is 409 g/mol. The summed E-state index contributed by atoms with van der Waals surface area (Å²) in [7, 11) is 0. The molecule has 6 heteroatoms. The average Bonchev–Trinajstić information content (AvgIpc) is 3.19. The Morgan fingerprint density at radius 3 is 2.80 bits per heavy atom. The normalized spacial score (nSPS) is 19.4. The minimum atomic E-state index is -0.282. The van der Waals surface area contributed by atoms with Crippen molar-refractivity contribution in [2.45, 2.75) is 24.7 Å². The Labute approximate surface area is 140 Å². The fourth-order valence-electron chi connectivity index (χ4n) is 2.52. The Morgan fingerprint density at radius 1 is 1.40 bits per heavy atom. The summed E-state index contributed by atoms with van der Waals surface area (Å²) in [5, 5.41) is 7.12. The molecule has 1 aromatic rings. The van der Waals surface area contributed by atoms with Gasteiger partial charge in [0.2, 0.25) is 0 Å². The van der Waals surface area contributed by atoms with Crippen LogP contribution in [0.5, 0.6) is 0 Å². The van der Waals surface area contributed by atoms with Gasteiger partial charge in [-0.25, -0.2) is 4.39 Å². The third kappa shape index (κ3) is 3.36. The van der Waals surface area contributed by atoms with Crippen molar-refractivity contribution in [2.24, 2.45) is 4.99 Å². The third-order valence-corrected chi connectivity index (χ3v) is 4.16. The minimum absolute atomic E-state index is 0. The highest BCUT2D eigenvalue weighted by Gasteiger charge is 2.45. The van der Waals surface area contributed by atoms with Crippen molar-refractivity contribution in [1.82, 2.24) is 10.6 Å². The van der Waals surface area contributed by atoms with E-state index in [1.807, 2.05) is 6.07 Å². The number of rotatable bonds is 3. The molecule has 0 bridgehead atoms. The van der Waals surface area contributed by atoms with Gasteiger partial charge in [-0.05, 0) is 37.0 Å². The predicted octanol–water partition coefficient (Wildman–Crippen LogP) is 3.07. The molecule has 0 amide bonds. The van der Waals surface area contributed by atoms with E-state index in [9.17, 15) is 4.39 Å². The van der Waals surface area contributed by atoms with Crippen LogP contribution >= 0.6 is 35.6 Å². The van der Waals surface area contributed by atoms with Crippen molar-refractivity contribution in [1.29, 1.82) is 0 Å². The Balaban J connectivity index is 0.00000147. The maximum absolute atomic E-state index is 13.1. The van der Waals surface area contributed by atoms with Gasteiger partial charge in [-0.2, -0.15) is 0 Å². The fourth-order valence-corrected chi connectivity index (χ4v) is 2.88. The highest BCUT2D eigenvalue weighted by molar-refractivity contribution is 14.0. The second-order valence-corrected chi connectivity index (χ2v) is 5.68. The van der Waals surface area contributed by atoms with E-state index in [-0.39, 0.29) is 35.2 Å². The summed E-state index contributed by atoms with van der Waals surface area (Å²) in [6.07, 6.45) is 3.25. The standard InChI is InChI=1S/C14H17ClFN3.HI/c15-12-8-10(16)2-3-11(12)14(4-5-14)9-19-13-17-6-1-7-18-13;/h2-3,8H,1,4-7,9H2,(H2,17,18,19);1H. The summed E-state index contributed by atoms with van der Waals surface area (Å²) in [6.45, 7) is 2.64. The zero-order chi connectivity index (χ0) is 13.3. The number of aliphatic imine (C=N–C) groups is 1. The Kier molecular flexibility index (Phi) is 5.12. The van der Waals surface area contributed by atoms with E-state index in [0.29, 0.717) is 5.02 Å². The van der Waals surface area contributed by atoms with Crippen molar-refractivity contribution >= 4 is 41.5 Å². The summed E-state index contributed by atoms with van der Waals surface area (Å²) in [4.78, 5) is 4.39. The fraction of sp³-hybridized carbons (Fsp3) is 0.500. The van der Waals surface area contributed by atoms with Gasteiger partial charge in [0, 0.05) is 30.1 Å². The second-order valence-electron chi connectivity index (χ2n) is 5.27. The first-order valence-corrected chi connectivity index (χ1v) is 7.05. The van der Waals surface area contributed by atoms with E-state index >= 15 is 0 Å². The first-order valence-electron chi connectivity index (χ1n) is 6.67. The van der Waals surface area contributed by atoms with E-state index in [1.54, 1.807) is 0 Å². The molecule has 1 fully saturated rings. The lowest BCUT2D eigenvalue weighted by molar-refractivity contribution is 0.613. The van der Waals surface area contributed by atoms with Gasteiger partial charge >= 0.3 is 0 Å². The quantitative estimate of drug-likeness (QED) is 0.753. The van der Waals surface area contributed by atoms with Crippen molar-refractivity contribution in [3.8, 4) is 0 Å². The maximum Gasteiger partial charge on any atom is 0.191 e. The molecule has 0 spiro atoms. The molecule has 110 valence electrons. The van der Waals surface area contributed by atoms with E-state index < -0.39 is 0 Å². The maximum atomic E-state index is 13.1. The van der Waals surface area contributed by atoms with Gasteiger partial charge in [0.05, 0.1) is 0 Å². The number of hydrogen-bond acceptors (Lipinski definition) is 3. The molecule has 1 aliphatic heterocycles. The Bertz CT molecular complexity index is 517. The van der Waals surface area contributed by atoms with Crippen LogP contribution in [0.25, 0.3) is 0 Å². The van der Waals surface area contributed by atoms with Crippen molar-refractivity contribution in [3.05, 3.63) is 34.6 Å². The second kappa shape index (κ2) is 6.47. The van der Waals surface area contributed by atoms with E-state index in [4.69, 9.17) is 11.6 Å². The molecule has 20 heavy (non-hydrogen) atoms. The molecule has 1 aromatic carbocycles. The van der Waals surface area contributed by atoms with Crippen molar-refractivity contribution < 1.29 is 4.39 Å². The molecular weight excluding hydrogens is 392 g/mol. The van der Waals surface area contributed by atoms with Crippen molar-refractivity contribution in [2.75, 3.05) is 19.6 Å². The van der Waals surface area contributed by atoms with E-state index in [2.05, 4.69) is 15.6 Å². The van der Waals surface area contributed by atoms with E-state index in [1.165, 1.54) is 12.1 Å². The number of halogens is 3. The first kappa shape index (κ1) is 15.8. The van der Waals surface area contributed by atoms with Crippen LogP contribution in [-0.4, -0.2) is 25.6 Å². The minimum Gasteiger partial charge on any atom is -0.356 e. The number of hydrogen-bond donors (Lipinski definition) is 2. The zero-order valence-electron chi connectivity index (χ0n) is 11.1. The van der Waals surface area contributed by atoms with Gasteiger partial charge in [-0.1, -0.05) is 17.7 Å². The largest absolute Gasteiger partial charge is 0.356 e. The van der Waals surface area contributed by atoms with Crippen LogP contribution < -0.4 is 10.6 Å². The summed E-state index contributed by atoms with van der Waals surface area (Å²) in [6, 6.07) is 4.69. The van der Waals surface area contributed by atoms with Crippen LogP contribution in [0, 0.1) is 5.82 Å². The molecule has 1 heterocycles. The molecule has 2 N–H and O–H groups in total. The smallest absolute Gasteiger partial charge is 0.191 e. The van der Waals surface area contributed by atoms with Gasteiger partial charge < -0.3 is 10.6 Å². The van der Waals surface area contributed by atoms with Crippen LogP contribution in [0.3, 0.4) is 0 Å². The lowest BCUT2D eigenvalue weighted by Crippen LogP contribution is -2.43. The van der Waals surface area contributed by atoms with Gasteiger partial charge in [-0.15, -0.1) is 24.0 Å². The van der Waals surface area contributed by atoms with Crippen LogP contribution in [0.4, 0.5) is 4.39 Å². The molecule has 3 nitrogen and oxygen atoms in total. The lowest BCUT2D eigenvalue weighted by Gasteiger charge is -2.21. The van der Waals surface area contributed by atoms with Crippen LogP contribution in [-0.2, 0) is 5.41 Å². The van der Waals surface area contributed by atoms with Crippen molar-refractivity contribution in [3.63, 3.8) is 0 Å². The molecule has 3 rings (SSSR count). The van der Waals surface area contributed by atoms with Crippen LogP contribution in [0.15, 0.2) is 23.2 Å². The third-order valence-electron chi connectivity index (χ3n) is 3.85. The predicted molar refractivity (Wildman–Crippen MR) is 90.7 cm³/mol. The lowest BCUT2D eigenvalue weighted by atomic mass is 9.96. The molecule has 1 aliphatic carbocycles. The van der Waals surface area contributed by atoms with E-state index in [0.717, 1.165) is 50.4 Å². The topological polar surface area (TPSA) is 36.4 Å².